The predicted octanol–water partition coefficient (Wildman–Crippen LogP) is 1.50. The van der Waals surface area contributed by atoms with Gasteiger partial charge in [-0.1, -0.05) is 12.7 Å². The average Bonchev–Trinajstić information content (AvgIpc) is 3.24. The highest BCUT2D eigenvalue weighted by molar-refractivity contribution is 5.87. The van der Waals surface area contributed by atoms with Gasteiger partial charge in [0.2, 0.25) is 5.91 Å². The zero-order valence-electron chi connectivity index (χ0n) is 13.9. The van der Waals surface area contributed by atoms with Crippen LogP contribution in [0.4, 0.5) is 18.0 Å². The van der Waals surface area contributed by atoms with E-state index in [1.807, 2.05) is 0 Å². The van der Waals surface area contributed by atoms with Crippen molar-refractivity contribution in [3.8, 4) is 0 Å². The number of nitrogens with zero attached hydrogens (tertiary/aromatic N) is 2. The van der Waals surface area contributed by atoms with E-state index in [1.54, 1.807) is 0 Å². The van der Waals surface area contributed by atoms with E-state index >= 15 is 0 Å². The minimum absolute atomic E-state index is 0.0290. The Morgan fingerprint density at radius 1 is 1.19 bits per heavy atom. The number of hydrogen-bond donors (Lipinski definition) is 1. The Kier molecular flexibility index (Phi) is 4.19. The Bertz CT molecular complexity index is 653. The van der Waals surface area contributed by atoms with Gasteiger partial charge in [0.15, 0.2) is 0 Å². The van der Waals surface area contributed by atoms with Crippen LogP contribution in [-0.4, -0.2) is 71.8 Å². The number of ether oxygens (including phenoxy) is 1. The smallest absolute Gasteiger partial charge is 0.410 e. The summed E-state index contributed by atoms with van der Waals surface area (Å²) in [6, 6.07) is 0. The SMILES string of the molecule is C=CCOC(=O)N1CC(C(=O)O)C2(C1)CN(C(=O)C1(C(F)(F)F)CC1)C2. The van der Waals surface area contributed by atoms with Crippen molar-refractivity contribution in [2.75, 3.05) is 32.8 Å². The number of carboxylic acids is 1. The van der Waals surface area contributed by atoms with Gasteiger partial charge in [0, 0.05) is 31.6 Å². The lowest BCUT2D eigenvalue weighted by molar-refractivity contribution is -0.206. The Hall–Kier alpha value is -2.26. The first kappa shape index (κ1) is 18.5. The number of alkyl halides is 3. The van der Waals surface area contributed by atoms with Gasteiger partial charge in [-0.15, -0.1) is 0 Å². The Morgan fingerprint density at radius 2 is 1.77 bits per heavy atom. The minimum Gasteiger partial charge on any atom is -0.481 e. The summed E-state index contributed by atoms with van der Waals surface area (Å²) in [5.41, 5.74) is -3.25. The van der Waals surface area contributed by atoms with E-state index in [2.05, 4.69) is 6.58 Å². The number of amides is 2. The molecule has 0 aromatic carbocycles. The molecule has 144 valence electrons. The first-order valence-electron chi connectivity index (χ1n) is 8.18. The lowest BCUT2D eigenvalue weighted by Gasteiger charge is -2.50. The highest BCUT2D eigenvalue weighted by Gasteiger charge is 2.71. The predicted molar refractivity (Wildman–Crippen MR) is 81.0 cm³/mol. The summed E-state index contributed by atoms with van der Waals surface area (Å²) in [7, 11) is 0. The maximum absolute atomic E-state index is 13.1. The number of carbonyl (C=O) groups excluding carboxylic acids is 2. The molecule has 1 aliphatic carbocycles. The standard InChI is InChI=1S/C16H19F3N2O5/c1-2-5-26-13(25)20-6-10(11(22)23)14(7-20)8-21(9-14)12(24)15(3-4-15)16(17,18)19/h2,10H,1,3-9H2,(H,22,23). The van der Waals surface area contributed by atoms with Crippen molar-refractivity contribution in [2.45, 2.75) is 19.0 Å². The molecule has 2 saturated heterocycles. The van der Waals surface area contributed by atoms with Crippen LogP contribution in [-0.2, 0) is 14.3 Å². The van der Waals surface area contributed by atoms with Crippen LogP contribution in [0.2, 0.25) is 0 Å². The summed E-state index contributed by atoms with van der Waals surface area (Å²) in [5.74, 6) is -3.09. The van der Waals surface area contributed by atoms with Gasteiger partial charge in [-0.3, -0.25) is 9.59 Å². The number of rotatable bonds is 4. The molecule has 2 heterocycles. The molecule has 10 heteroatoms. The molecule has 7 nitrogen and oxygen atoms in total. The van der Waals surface area contributed by atoms with Gasteiger partial charge in [-0.2, -0.15) is 13.2 Å². The first-order valence-corrected chi connectivity index (χ1v) is 8.18. The molecule has 3 rings (SSSR count). The zero-order chi connectivity index (χ0) is 19.3. The zero-order valence-corrected chi connectivity index (χ0v) is 13.9. The summed E-state index contributed by atoms with van der Waals surface area (Å²) < 4.78 is 44.2. The topological polar surface area (TPSA) is 87.2 Å². The van der Waals surface area contributed by atoms with Crippen LogP contribution in [0, 0.1) is 16.7 Å². The van der Waals surface area contributed by atoms with Crippen molar-refractivity contribution < 1.29 is 37.4 Å². The molecule has 0 aromatic heterocycles. The van der Waals surface area contributed by atoms with Crippen LogP contribution in [0.25, 0.3) is 0 Å². The molecule has 1 unspecified atom stereocenters. The van der Waals surface area contributed by atoms with E-state index in [-0.39, 0.29) is 45.6 Å². The molecule has 3 aliphatic rings. The van der Waals surface area contributed by atoms with Crippen molar-refractivity contribution in [2.24, 2.45) is 16.7 Å². The second-order valence-corrected chi connectivity index (χ2v) is 7.24. The highest BCUT2D eigenvalue weighted by Crippen LogP contribution is 2.60. The number of hydrogen-bond acceptors (Lipinski definition) is 4. The molecule has 2 amide bonds. The molecule has 0 bridgehead atoms. The molecule has 1 spiro atoms. The molecular weight excluding hydrogens is 357 g/mol. The minimum atomic E-state index is -4.60. The van der Waals surface area contributed by atoms with Gasteiger partial charge in [0.1, 0.15) is 12.0 Å². The average molecular weight is 376 g/mol. The highest BCUT2D eigenvalue weighted by atomic mass is 19.4. The third-order valence-corrected chi connectivity index (χ3v) is 5.53. The third kappa shape index (κ3) is 2.71. The molecule has 0 aromatic rings. The van der Waals surface area contributed by atoms with E-state index in [0.29, 0.717) is 0 Å². The number of carbonyl (C=O) groups is 3. The van der Waals surface area contributed by atoms with Gasteiger partial charge in [0.25, 0.3) is 0 Å². The largest absolute Gasteiger partial charge is 0.481 e. The van der Waals surface area contributed by atoms with Gasteiger partial charge >= 0.3 is 18.2 Å². The lowest BCUT2D eigenvalue weighted by atomic mass is 9.71. The molecule has 1 saturated carbocycles. The van der Waals surface area contributed by atoms with Crippen molar-refractivity contribution in [3.63, 3.8) is 0 Å². The molecule has 2 aliphatic heterocycles. The van der Waals surface area contributed by atoms with Crippen molar-refractivity contribution in [1.29, 1.82) is 0 Å². The van der Waals surface area contributed by atoms with Gasteiger partial charge in [-0.25, -0.2) is 4.79 Å². The van der Waals surface area contributed by atoms with Crippen LogP contribution in [0.1, 0.15) is 12.8 Å². The van der Waals surface area contributed by atoms with Crippen LogP contribution in [0.3, 0.4) is 0 Å². The van der Waals surface area contributed by atoms with E-state index in [9.17, 15) is 32.7 Å². The molecule has 1 atom stereocenters. The maximum Gasteiger partial charge on any atom is 0.410 e. The number of carboxylic acid groups (broad SMARTS) is 1. The van der Waals surface area contributed by atoms with Crippen LogP contribution in [0.5, 0.6) is 0 Å². The monoisotopic (exact) mass is 376 g/mol. The lowest BCUT2D eigenvalue weighted by Crippen LogP contribution is -2.65. The van der Waals surface area contributed by atoms with E-state index in [4.69, 9.17) is 4.74 Å². The van der Waals surface area contributed by atoms with Crippen LogP contribution in [0.15, 0.2) is 12.7 Å². The fourth-order valence-corrected chi connectivity index (χ4v) is 3.89. The second kappa shape index (κ2) is 5.88. The summed E-state index contributed by atoms with van der Waals surface area (Å²) >= 11 is 0. The summed E-state index contributed by atoms with van der Waals surface area (Å²) in [6.07, 6.45) is -4.40. The van der Waals surface area contributed by atoms with Gasteiger partial charge in [-0.05, 0) is 12.8 Å². The van der Waals surface area contributed by atoms with E-state index in [0.717, 1.165) is 4.90 Å². The summed E-state index contributed by atoms with van der Waals surface area (Å²) in [5, 5.41) is 9.44. The van der Waals surface area contributed by atoms with Crippen LogP contribution < -0.4 is 0 Å². The molecule has 1 N–H and O–H groups in total. The Labute approximate surface area is 147 Å². The molecule has 0 radical (unpaired) electrons. The fourth-order valence-electron chi connectivity index (χ4n) is 3.89. The first-order chi connectivity index (χ1) is 12.1. The molecule has 3 fully saturated rings. The molecule has 26 heavy (non-hydrogen) atoms. The van der Waals surface area contributed by atoms with Gasteiger partial charge in [0.05, 0.1) is 5.92 Å². The van der Waals surface area contributed by atoms with Crippen molar-refractivity contribution in [1.82, 2.24) is 9.80 Å². The summed E-state index contributed by atoms with van der Waals surface area (Å²) in [6.45, 7) is 3.10. The number of aliphatic carboxylic acids is 1. The van der Waals surface area contributed by atoms with Crippen LogP contribution >= 0.6 is 0 Å². The maximum atomic E-state index is 13.1. The second-order valence-electron chi connectivity index (χ2n) is 7.24. The number of likely N-dealkylation sites (tertiary alicyclic amines) is 2. The summed E-state index contributed by atoms with van der Waals surface area (Å²) in [4.78, 5) is 38.1. The Balaban J connectivity index is 1.69. The van der Waals surface area contributed by atoms with Crippen molar-refractivity contribution >= 4 is 18.0 Å². The van der Waals surface area contributed by atoms with Crippen molar-refractivity contribution in [3.05, 3.63) is 12.7 Å². The fraction of sp³-hybridized carbons (Fsp3) is 0.688. The van der Waals surface area contributed by atoms with Gasteiger partial charge < -0.3 is 19.6 Å². The van der Waals surface area contributed by atoms with E-state index < -0.39 is 40.9 Å². The normalized spacial score (nSPS) is 25.6. The quantitative estimate of drug-likeness (QED) is 0.752. The third-order valence-electron chi connectivity index (χ3n) is 5.53. The van der Waals surface area contributed by atoms with E-state index in [1.165, 1.54) is 11.0 Å². The molecular formula is C16H19F3N2O5. The number of halogens is 3. The Morgan fingerprint density at radius 3 is 2.23 bits per heavy atom.